The van der Waals surface area contributed by atoms with Crippen LogP contribution in [0.25, 0.3) is 0 Å². The normalized spacial score (nSPS) is 18.0. The molecule has 0 aromatic heterocycles. The van der Waals surface area contributed by atoms with E-state index in [0.717, 1.165) is 16.9 Å². The van der Waals surface area contributed by atoms with E-state index in [1.165, 1.54) is 0 Å². The lowest BCUT2D eigenvalue weighted by Gasteiger charge is -2.23. The van der Waals surface area contributed by atoms with Crippen molar-refractivity contribution in [2.24, 2.45) is 0 Å². The molecule has 2 aromatic rings. The first-order chi connectivity index (χ1) is 16.3. The molecule has 1 saturated heterocycles. The molecule has 0 radical (unpaired) electrons. The SMILES string of the molecule is COc1ccc(C2ON2[C@@H](CCCCNC(=O)OCc2ccccc2)C(=O)OC(C)(C)C)cc1. The lowest BCUT2D eigenvalue weighted by molar-refractivity contribution is -0.162. The molecule has 8 heteroatoms. The number of unbranched alkanes of at least 4 members (excludes halogenated alkanes) is 1. The van der Waals surface area contributed by atoms with Gasteiger partial charge in [-0.25, -0.2) is 4.79 Å². The van der Waals surface area contributed by atoms with Crippen molar-refractivity contribution in [2.75, 3.05) is 13.7 Å². The number of alkyl carbamates (subject to hydrolysis) is 1. The fourth-order valence-electron chi connectivity index (χ4n) is 3.45. The van der Waals surface area contributed by atoms with Gasteiger partial charge in [0.05, 0.1) is 7.11 Å². The molecule has 2 aromatic carbocycles. The molecule has 0 saturated carbocycles. The summed E-state index contributed by atoms with van der Waals surface area (Å²) >= 11 is 0. The number of carbonyl (C=O) groups excluding carboxylic acids is 2. The zero-order valence-corrected chi connectivity index (χ0v) is 20.3. The van der Waals surface area contributed by atoms with Crippen LogP contribution in [-0.2, 0) is 25.7 Å². The predicted octanol–water partition coefficient (Wildman–Crippen LogP) is 4.75. The van der Waals surface area contributed by atoms with Crippen molar-refractivity contribution in [3.05, 3.63) is 65.7 Å². The number of esters is 1. The van der Waals surface area contributed by atoms with Crippen LogP contribution in [0.5, 0.6) is 5.75 Å². The van der Waals surface area contributed by atoms with Gasteiger partial charge in [-0.2, -0.15) is 0 Å². The third-order valence-electron chi connectivity index (χ3n) is 5.18. The first-order valence-corrected chi connectivity index (χ1v) is 11.5. The number of hydroxylamine groups is 2. The number of hydrogen-bond donors (Lipinski definition) is 1. The largest absolute Gasteiger partial charge is 0.497 e. The van der Waals surface area contributed by atoms with Crippen LogP contribution in [0.4, 0.5) is 4.79 Å². The van der Waals surface area contributed by atoms with E-state index < -0.39 is 17.7 Å². The summed E-state index contributed by atoms with van der Waals surface area (Å²) in [4.78, 5) is 30.5. The zero-order valence-electron chi connectivity index (χ0n) is 20.3. The maximum atomic E-state index is 12.9. The minimum absolute atomic E-state index is 0.229. The molecular formula is C26H34N2O6. The lowest BCUT2D eigenvalue weighted by atomic mass is 10.1. The van der Waals surface area contributed by atoms with Crippen LogP contribution < -0.4 is 10.1 Å². The number of nitrogens with one attached hydrogen (secondary N) is 1. The van der Waals surface area contributed by atoms with Gasteiger partial charge in [-0.1, -0.05) is 42.5 Å². The molecule has 0 spiro atoms. The molecule has 3 rings (SSSR count). The molecule has 0 aliphatic carbocycles. The van der Waals surface area contributed by atoms with Gasteiger partial charge in [-0.15, -0.1) is 5.06 Å². The fraction of sp³-hybridized carbons (Fsp3) is 0.462. The number of carbonyl (C=O) groups is 2. The first-order valence-electron chi connectivity index (χ1n) is 11.5. The van der Waals surface area contributed by atoms with Crippen LogP contribution in [0.15, 0.2) is 54.6 Å². The number of hydrogen-bond acceptors (Lipinski definition) is 7. The van der Waals surface area contributed by atoms with Crippen molar-refractivity contribution < 1.29 is 28.6 Å². The van der Waals surface area contributed by atoms with Crippen LogP contribution >= 0.6 is 0 Å². The highest BCUT2D eigenvalue weighted by Gasteiger charge is 2.47. The quantitative estimate of drug-likeness (QED) is 0.288. The summed E-state index contributed by atoms with van der Waals surface area (Å²) in [6.07, 6.45) is 1.19. The smallest absolute Gasteiger partial charge is 0.407 e. The highest BCUT2D eigenvalue weighted by molar-refractivity contribution is 5.76. The van der Waals surface area contributed by atoms with Gasteiger partial charge in [0, 0.05) is 6.54 Å². The number of nitrogens with zero attached hydrogens (tertiary/aromatic N) is 1. The maximum Gasteiger partial charge on any atom is 0.407 e. The molecule has 0 bridgehead atoms. The van der Waals surface area contributed by atoms with Crippen LogP contribution in [0.1, 0.15) is 57.4 Å². The van der Waals surface area contributed by atoms with E-state index in [-0.39, 0.29) is 18.8 Å². The Hall–Kier alpha value is -3.10. The van der Waals surface area contributed by atoms with Crippen molar-refractivity contribution in [1.29, 1.82) is 0 Å². The fourth-order valence-corrected chi connectivity index (χ4v) is 3.45. The van der Waals surface area contributed by atoms with Crippen molar-refractivity contribution in [3.63, 3.8) is 0 Å². The second kappa shape index (κ2) is 11.9. The molecule has 1 N–H and O–H groups in total. The Balaban J connectivity index is 1.45. The molecule has 1 heterocycles. The molecule has 3 atom stereocenters. The summed E-state index contributed by atoms with van der Waals surface area (Å²) in [6, 6.07) is 16.5. The predicted molar refractivity (Wildman–Crippen MR) is 127 cm³/mol. The van der Waals surface area contributed by atoms with Crippen LogP contribution in [0, 0.1) is 0 Å². The first kappa shape index (κ1) is 25.5. The molecule has 1 aliphatic heterocycles. The summed E-state index contributed by atoms with van der Waals surface area (Å²) in [5.41, 5.74) is 1.28. The van der Waals surface area contributed by atoms with Crippen molar-refractivity contribution in [3.8, 4) is 5.75 Å². The second-order valence-corrected chi connectivity index (χ2v) is 9.12. The lowest BCUT2D eigenvalue weighted by Crippen LogP contribution is -2.36. The third-order valence-corrected chi connectivity index (χ3v) is 5.18. The molecule has 2 unspecified atom stereocenters. The van der Waals surface area contributed by atoms with Gasteiger partial charge in [-0.05, 0) is 63.3 Å². The summed E-state index contributed by atoms with van der Waals surface area (Å²) in [7, 11) is 1.62. The molecule has 1 amide bonds. The zero-order chi connectivity index (χ0) is 24.6. The molecule has 1 fully saturated rings. The van der Waals surface area contributed by atoms with E-state index >= 15 is 0 Å². The molecule has 34 heavy (non-hydrogen) atoms. The molecular weight excluding hydrogens is 436 g/mol. The second-order valence-electron chi connectivity index (χ2n) is 9.12. The third kappa shape index (κ3) is 8.04. The summed E-state index contributed by atoms with van der Waals surface area (Å²) in [5, 5.41) is 4.43. The van der Waals surface area contributed by atoms with Crippen molar-refractivity contribution >= 4 is 12.1 Å². The van der Waals surface area contributed by atoms with Gasteiger partial charge in [-0.3, -0.25) is 9.63 Å². The monoisotopic (exact) mass is 470 g/mol. The Kier molecular flexibility index (Phi) is 8.90. The maximum absolute atomic E-state index is 12.9. The van der Waals surface area contributed by atoms with Crippen LogP contribution in [-0.4, -0.2) is 42.4 Å². The standard InChI is InChI=1S/C26H34N2O6/c1-26(2,3)33-24(29)22(28-23(34-28)20-13-15-21(31-4)16-14-20)12-8-9-17-27-25(30)32-18-19-10-6-5-7-11-19/h5-7,10-11,13-16,22-23H,8-9,12,17-18H2,1-4H3,(H,27,30)/t22-,23?,28?/m0/s1. The average Bonchev–Trinajstić information content (AvgIpc) is 3.60. The van der Waals surface area contributed by atoms with Gasteiger partial charge >= 0.3 is 12.1 Å². The van der Waals surface area contributed by atoms with Gasteiger partial charge in [0.25, 0.3) is 0 Å². The minimum Gasteiger partial charge on any atom is -0.497 e. The van der Waals surface area contributed by atoms with Gasteiger partial charge < -0.3 is 19.5 Å². The number of rotatable bonds is 11. The number of benzene rings is 2. The Morgan fingerprint density at radius 3 is 2.41 bits per heavy atom. The van der Waals surface area contributed by atoms with E-state index in [9.17, 15) is 9.59 Å². The van der Waals surface area contributed by atoms with Crippen molar-refractivity contribution in [1.82, 2.24) is 10.4 Å². The summed E-state index contributed by atoms with van der Waals surface area (Å²) in [5.74, 6) is 0.438. The van der Waals surface area contributed by atoms with Gasteiger partial charge in [0.1, 0.15) is 24.0 Å². The van der Waals surface area contributed by atoms with E-state index in [2.05, 4.69) is 5.32 Å². The Morgan fingerprint density at radius 1 is 1.06 bits per heavy atom. The Morgan fingerprint density at radius 2 is 1.76 bits per heavy atom. The van der Waals surface area contributed by atoms with E-state index in [1.807, 2.05) is 75.4 Å². The van der Waals surface area contributed by atoms with E-state index in [1.54, 1.807) is 12.2 Å². The van der Waals surface area contributed by atoms with Crippen LogP contribution in [0.3, 0.4) is 0 Å². The van der Waals surface area contributed by atoms with E-state index in [0.29, 0.717) is 25.8 Å². The summed E-state index contributed by atoms with van der Waals surface area (Å²) < 4.78 is 16.0. The van der Waals surface area contributed by atoms with Gasteiger partial charge in [0.15, 0.2) is 6.23 Å². The average molecular weight is 471 g/mol. The molecule has 1 aliphatic rings. The summed E-state index contributed by atoms with van der Waals surface area (Å²) in [6.45, 7) is 6.22. The highest BCUT2D eigenvalue weighted by Crippen LogP contribution is 2.41. The highest BCUT2D eigenvalue weighted by atomic mass is 16.8. The van der Waals surface area contributed by atoms with E-state index in [4.69, 9.17) is 19.0 Å². The number of methoxy groups -OCH3 is 1. The minimum atomic E-state index is -0.592. The number of amides is 1. The number of ether oxygens (including phenoxy) is 3. The topological polar surface area (TPSA) is 89.4 Å². The van der Waals surface area contributed by atoms with Crippen LogP contribution in [0.2, 0.25) is 0 Å². The Bertz CT molecular complexity index is 927. The molecule has 8 nitrogen and oxygen atoms in total. The van der Waals surface area contributed by atoms with Gasteiger partial charge in [0.2, 0.25) is 0 Å². The molecule has 184 valence electrons. The Labute approximate surface area is 201 Å². The van der Waals surface area contributed by atoms with Crippen molar-refractivity contribution in [2.45, 2.75) is 64.5 Å².